The van der Waals surface area contributed by atoms with Crippen LogP contribution in [0, 0.1) is 0 Å². The van der Waals surface area contributed by atoms with Crippen LogP contribution in [0.1, 0.15) is 22.3 Å². The average molecular weight is 1020 g/mol. The van der Waals surface area contributed by atoms with Crippen molar-refractivity contribution in [2.75, 3.05) is 0 Å². The molecular weight excluding hydrogens is 1000 g/mol. The van der Waals surface area contributed by atoms with E-state index in [9.17, 15) is 113 Å². The summed E-state index contributed by atoms with van der Waals surface area (Å²) in [7, 11) is -13.3. The van der Waals surface area contributed by atoms with E-state index in [1.54, 1.807) is 0 Å². The van der Waals surface area contributed by atoms with E-state index in [0.29, 0.717) is 0 Å². The van der Waals surface area contributed by atoms with E-state index in [1.165, 1.54) is 0 Å². The lowest BCUT2D eigenvalue weighted by molar-refractivity contribution is -0.374. The van der Waals surface area contributed by atoms with E-state index in [-0.39, 0.29) is 84.9 Å². The molecule has 4 aromatic rings. The summed E-state index contributed by atoms with van der Waals surface area (Å²) in [5.74, 6) is -59.4. The first kappa shape index (κ1) is 52.3. The number of hydrogen-bond acceptors (Lipinski definition) is 7. The number of alkyl halides is 22. The van der Waals surface area contributed by atoms with Gasteiger partial charge in [0.2, 0.25) is 0 Å². The SMILES string of the molecule is O=S(=O)(Oc1cccc(C(F)(F)C(F)(F)C(F)(F)C(F)(F)c2ccc(Oc3ccc(C(F)(F)C(F)(F)C(F)(F)C(F)(F)c4cccc(OS(=O)(=O)C(F)(F)F)c4)cc3)cc2)c1)C(F)(F)F. The van der Waals surface area contributed by atoms with E-state index >= 15 is 0 Å². The lowest BCUT2D eigenvalue weighted by atomic mass is 9.90. The molecule has 0 heterocycles. The Bertz CT molecular complexity index is 2410. The number of ether oxygens (including phenoxy) is 1. The zero-order chi connectivity index (χ0) is 50.1. The summed E-state index contributed by atoms with van der Waals surface area (Å²) in [5, 5.41) is 0. The van der Waals surface area contributed by atoms with Gasteiger partial charge in [0.15, 0.2) is 0 Å². The maximum Gasteiger partial charge on any atom is 0.534 e. The fourth-order valence-electron chi connectivity index (χ4n) is 4.95. The summed E-state index contributed by atoms with van der Waals surface area (Å²) in [4.78, 5) is 0. The highest BCUT2D eigenvalue weighted by Gasteiger charge is 2.82. The van der Waals surface area contributed by atoms with E-state index in [4.69, 9.17) is 4.74 Å². The first-order valence-electron chi connectivity index (χ1n) is 16.2. The summed E-state index contributed by atoms with van der Waals surface area (Å²) in [6, 6.07) is -0.920. The van der Waals surface area contributed by atoms with Crippen molar-refractivity contribution in [2.45, 2.75) is 58.4 Å². The summed E-state index contributed by atoms with van der Waals surface area (Å²) in [6.07, 6.45) is 0. The third-order valence-corrected chi connectivity index (χ3v) is 10.4. The van der Waals surface area contributed by atoms with Gasteiger partial charge in [0, 0.05) is 22.3 Å². The Balaban J connectivity index is 1.55. The van der Waals surface area contributed by atoms with Gasteiger partial charge in [-0.25, -0.2) is 0 Å². The van der Waals surface area contributed by atoms with Crippen molar-refractivity contribution in [1.82, 2.24) is 0 Å². The van der Waals surface area contributed by atoms with Crippen LogP contribution in [0.15, 0.2) is 97.1 Å². The Labute approximate surface area is 347 Å². The molecule has 31 heteroatoms. The van der Waals surface area contributed by atoms with Gasteiger partial charge in [-0.2, -0.15) is 113 Å². The Morgan fingerprint density at radius 2 is 0.554 bits per heavy atom. The second kappa shape index (κ2) is 16.2. The molecule has 0 aliphatic heterocycles. The number of hydrogen-bond donors (Lipinski definition) is 0. The van der Waals surface area contributed by atoms with Crippen LogP contribution < -0.4 is 13.1 Å². The zero-order valence-electron chi connectivity index (χ0n) is 30.2. The fourth-order valence-corrected chi connectivity index (χ4v) is 5.85. The molecule has 4 rings (SSSR count). The largest absolute Gasteiger partial charge is 0.534 e. The van der Waals surface area contributed by atoms with Gasteiger partial charge in [-0.15, -0.1) is 0 Å². The quantitative estimate of drug-likeness (QED) is 0.0627. The van der Waals surface area contributed by atoms with Crippen molar-refractivity contribution in [1.29, 1.82) is 0 Å². The number of halogens is 22. The molecule has 7 nitrogen and oxygen atoms in total. The van der Waals surface area contributed by atoms with Crippen LogP contribution in [0.25, 0.3) is 0 Å². The lowest BCUT2D eigenvalue weighted by Crippen LogP contribution is -2.59. The smallest absolute Gasteiger partial charge is 0.457 e. The molecular formula is C34H16F22O7S2. The van der Waals surface area contributed by atoms with Crippen LogP contribution in [-0.4, -0.2) is 51.5 Å². The van der Waals surface area contributed by atoms with Gasteiger partial charge < -0.3 is 13.1 Å². The predicted molar refractivity (Wildman–Crippen MR) is 172 cm³/mol. The Morgan fingerprint density at radius 1 is 0.308 bits per heavy atom. The summed E-state index contributed by atoms with van der Waals surface area (Å²) >= 11 is 0. The zero-order valence-corrected chi connectivity index (χ0v) is 31.9. The maximum absolute atomic E-state index is 15.0. The molecule has 0 saturated carbocycles. The highest BCUT2D eigenvalue weighted by atomic mass is 32.2. The monoisotopic (exact) mass is 1020 g/mol. The van der Waals surface area contributed by atoms with Crippen LogP contribution in [-0.2, 0) is 43.9 Å². The average Bonchev–Trinajstić information content (AvgIpc) is 3.17. The summed E-state index contributed by atoms with van der Waals surface area (Å²) in [6.45, 7) is 0. The lowest BCUT2D eigenvalue weighted by Gasteiger charge is -2.37. The van der Waals surface area contributed by atoms with Gasteiger partial charge in [-0.05, 0) is 72.8 Å². The van der Waals surface area contributed by atoms with Crippen LogP contribution >= 0.6 is 0 Å². The third kappa shape index (κ3) is 8.99. The molecule has 0 amide bonds. The topological polar surface area (TPSA) is 96.0 Å². The molecule has 0 spiro atoms. The minimum Gasteiger partial charge on any atom is -0.457 e. The highest BCUT2D eigenvalue weighted by molar-refractivity contribution is 7.88. The molecule has 65 heavy (non-hydrogen) atoms. The molecule has 0 aliphatic carbocycles. The van der Waals surface area contributed by atoms with Crippen molar-refractivity contribution in [3.63, 3.8) is 0 Å². The van der Waals surface area contributed by atoms with Crippen LogP contribution in [0.4, 0.5) is 96.6 Å². The van der Waals surface area contributed by atoms with Crippen molar-refractivity contribution < 1.29 is 127 Å². The van der Waals surface area contributed by atoms with Crippen LogP contribution in [0.5, 0.6) is 23.0 Å². The molecule has 0 N–H and O–H groups in total. The van der Waals surface area contributed by atoms with Gasteiger partial charge >= 0.3 is 78.6 Å². The summed E-state index contributed by atoms with van der Waals surface area (Å²) in [5.41, 5.74) is -21.7. The van der Waals surface area contributed by atoms with Crippen molar-refractivity contribution in [3.8, 4) is 23.0 Å². The van der Waals surface area contributed by atoms with Gasteiger partial charge in [0.25, 0.3) is 0 Å². The molecule has 0 saturated heterocycles. The molecule has 0 unspecified atom stereocenters. The van der Waals surface area contributed by atoms with Gasteiger partial charge in [-0.1, -0.05) is 24.3 Å². The van der Waals surface area contributed by atoms with Gasteiger partial charge in [0.1, 0.15) is 23.0 Å². The molecule has 0 radical (unpaired) electrons. The summed E-state index contributed by atoms with van der Waals surface area (Å²) < 4.78 is 370. The van der Waals surface area contributed by atoms with Crippen LogP contribution in [0.2, 0.25) is 0 Å². The second-order valence-corrected chi connectivity index (χ2v) is 15.8. The molecule has 0 atom stereocenters. The normalized spacial score (nSPS) is 14.6. The van der Waals surface area contributed by atoms with E-state index in [2.05, 4.69) is 8.37 Å². The van der Waals surface area contributed by atoms with E-state index in [0.717, 1.165) is 0 Å². The third-order valence-electron chi connectivity index (χ3n) is 8.41. The highest BCUT2D eigenvalue weighted by Crippen LogP contribution is 2.61. The molecule has 4 aromatic carbocycles. The van der Waals surface area contributed by atoms with Crippen LogP contribution in [0.3, 0.4) is 0 Å². The van der Waals surface area contributed by atoms with Gasteiger partial charge in [0.05, 0.1) is 0 Å². The van der Waals surface area contributed by atoms with Gasteiger partial charge in [-0.3, -0.25) is 0 Å². The standard InChI is InChI=1S/C34H16F22O7S2/c35-25(36,29(43,44)31(47,48)27(39,40)19-3-1-5-23(15-19)62-64(57,58)33(51,52)53)17-7-11-21(12-8-17)61-22-13-9-18(10-14-22)26(37,38)30(45,46)32(49,50)28(41,42)20-4-2-6-24(16-20)63-65(59,60)34(54,55)56/h1-16H. The minimum atomic E-state index is -7.17. The van der Waals surface area contributed by atoms with Crippen molar-refractivity contribution in [2.24, 2.45) is 0 Å². The number of benzene rings is 4. The second-order valence-electron chi connectivity index (χ2n) is 12.8. The Hall–Kier alpha value is -5.36. The molecule has 0 fully saturated rings. The van der Waals surface area contributed by atoms with E-state index in [1.807, 2.05) is 0 Å². The fraction of sp³-hybridized carbons (Fsp3) is 0.294. The Morgan fingerprint density at radius 3 is 0.800 bits per heavy atom. The molecule has 0 aliphatic rings. The van der Waals surface area contributed by atoms with E-state index < -0.39 is 136 Å². The molecule has 0 aromatic heterocycles. The molecule has 0 bridgehead atoms. The first-order valence-corrected chi connectivity index (χ1v) is 19.0. The first-order chi connectivity index (χ1) is 29.0. The maximum atomic E-state index is 15.0. The number of rotatable bonds is 16. The predicted octanol–water partition coefficient (Wildman–Crippen LogP) is 12.2. The van der Waals surface area contributed by atoms with Crippen molar-refractivity contribution in [3.05, 3.63) is 119 Å². The minimum absolute atomic E-state index is 0.111. The molecule has 360 valence electrons. The Kier molecular flexibility index (Phi) is 13.0. The van der Waals surface area contributed by atoms with Crippen molar-refractivity contribution >= 4 is 20.2 Å².